The molecule has 0 aromatic rings. The summed E-state index contributed by atoms with van der Waals surface area (Å²) in [5.41, 5.74) is 0. The van der Waals surface area contributed by atoms with E-state index >= 15 is 0 Å². The van der Waals surface area contributed by atoms with Gasteiger partial charge < -0.3 is 9.84 Å². The molecule has 2 saturated heterocycles. The lowest BCUT2D eigenvalue weighted by Gasteiger charge is -2.31. The first-order valence-corrected chi connectivity index (χ1v) is 7.98. The number of nitrogens with zero attached hydrogens (tertiary/aromatic N) is 2. The molecule has 3 atom stereocenters. The molecule has 0 radical (unpaired) electrons. The number of aliphatic carboxylic acids is 1. The number of hydrogen-bond acceptors (Lipinski definition) is 4. The van der Waals surface area contributed by atoms with Gasteiger partial charge in [-0.25, -0.2) is 0 Å². The summed E-state index contributed by atoms with van der Waals surface area (Å²) in [7, 11) is 0. The van der Waals surface area contributed by atoms with E-state index in [1.807, 2.05) is 0 Å². The lowest BCUT2D eigenvalue weighted by molar-refractivity contribution is -0.138. The second-order valence-corrected chi connectivity index (χ2v) is 6.53. The first-order valence-electron chi connectivity index (χ1n) is 7.98. The number of carboxylic acids is 1. The van der Waals surface area contributed by atoms with Gasteiger partial charge in [0.05, 0.1) is 13.2 Å². The number of likely N-dealkylation sites (tertiary alicyclic amines) is 1. The second-order valence-electron chi connectivity index (χ2n) is 6.53. The highest BCUT2D eigenvalue weighted by molar-refractivity contribution is 5.67. The predicted octanol–water partition coefficient (Wildman–Crippen LogP) is 0.894. The van der Waals surface area contributed by atoms with Gasteiger partial charge in [-0.1, -0.05) is 0 Å². The third-order valence-corrected chi connectivity index (χ3v) is 5.34. The Morgan fingerprint density at radius 2 is 2.00 bits per heavy atom. The van der Waals surface area contributed by atoms with E-state index in [-0.39, 0.29) is 0 Å². The monoisotopic (exact) mass is 282 g/mol. The van der Waals surface area contributed by atoms with E-state index in [4.69, 9.17) is 9.84 Å². The molecular weight excluding hydrogens is 256 g/mol. The van der Waals surface area contributed by atoms with Crippen LogP contribution in [0, 0.1) is 11.8 Å². The second kappa shape index (κ2) is 6.41. The molecule has 3 fully saturated rings. The van der Waals surface area contributed by atoms with Gasteiger partial charge in [0.1, 0.15) is 0 Å². The largest absolute Gasteiger partial charge is 0.481 e. The van der Waals surface area contributed by atoms with E-state index in [1.54, 1.807) is 0 Å². The minimum Gasteiger partial charge on any atom is -0.481 e. The third kappa shape index (κ3) is 3.32. The van der Waals surface area contributed by atoms with Crippen LogP contribution in [-0.4, -0.2) is 72.9 Å². The average molecular weight is 282 g/mol. The first-order chi connectivity index (χ1) is 9.72. The molecule has 0 aromatic carbocycles. The summed E-state index contributed by atoms with van der Waals surface area (Å²) in [6.07, 6.45) is 3.89. The van der Waals surface area contributed by atoms with Crippen molar-refractivity contribution in [3.8, 4) is 0 Å². The summed E-state index contributed by atoms with van der Waals surface area (Å²) >= 11 is 0. The Kier molecular flexibility index (Phi) is 4.58. The standard InChI is InChI=1S/C15H26N2O3/c18-15(19)10-12-1-2-14-9-13(12)11-17(14)4-3-16-5-7-20-8-6-16/h12-14H,1-11H2,(H,18,19). The highest BCUT2D eigenvalue weighted by atomic mass is 16.5. The zero-order valence-electron chi connectivity index (χ0n) is 12.2. The lowest BCUT2D eigenvalue weighted by Crippen LogP contribution is -2.42. The summed E-state index contributed by atoms with van der Waals surface area (Å²) in [5, 5.41) is 9.00. The molecule has 3 aliphatic rings. The van der Waals surface area contributed by atoms with Gasteiger partial charge in [0.2, 0.25) is 0 Å². The molecule has 5 nitrogen and oxygen atoms in total. The maximum atomic E-state index is 10.9. The maximum Gasteiger partial charge on any atom is 0.303 e. The normalized spacial score (nSPS) is 35.3. The molecule has 2 aliphatic heterocycles. The Bertz CT molecular complexity index is 344. The SMILES string of the molecule is O=C(O)CC1CCC2CC1CN2CCN1CCOCC1. The highest BCUT2D eigenvalue weighted by Crippen LogP contribution is 2.40. The molecule has 2 bridgehead atoms. The number of fused-ring (bicyclic) bond motifs is 2. The average Bonchev–Trinajstić information content (AvgIpc) is 2.78. The summed E-state index contributed by atoms with van der Waals surface area (Å²) in [6.45, 7) is 7.25. The summed E-state index contributed by atoms with van der Waals surface area (Å²) in [4.78, 5) is 16.0. The van der Waals surface area contributed by atoms with E-state index in [0.717, 1.165) is 52.4 Å². The van der Waals surface area contributed by atoms with E-state index < -0.39 is 5.97 Å². The number of carboxylic acid groups (broad SMARTS) is 1. The maximum absolute atomic E-state index is 10.9. The van der Waals surface area contributed by atoms with Crippen molar-refractivity contribution in [2.24, 2.45) is 11.8 Å². The van der Waals surface area contributed by atoms with Gasteiger partial charge in [0.15, 0.2) is 0 Å². The molecule has 20 heavy (non-hydrogen) atoms. The van der Waals surface area contributed by atoms with E-state index in [1.165, 1.54) is 12.8 Å². The fraction of sp³-hybridized carbons (Fsp3) is 0.933. The number of carbonyl (C=O) groups is 1. The predicted molar refractivity (Wildman–Crippen MR) is 75.7 cm³/mol. The first kappa shape index (κ1) is 14.3. The van der Waals surface area contributed by atoms with Gasteiger partial charge in [-0.2, -0.15) is 0 Å². The van der Waals surface area contributed by atoms with Crippen molar-refractivity contribution in [2.45, 2.75) is 31.7 Å². The molecule has 0 aromatic heterocycles. The van der Waals surface area contributed by atoms with Gasteiger partial charge in [-0.05, 0) is 31.1 Å². The van der Waals surface area contributed by atoms with Crippen LogP contribution in [0.5, 0.6) is 0 Å². The highest BCUT2D eigenvalue weighted by Gasteiger charge is 2.40. The van der Waals surface area contributed by atoms with Crippen molar-refractivity contribution in [3.05, 3.63) is 0 Å². The molecule has 0 amide bonds. The minimum atomic E-state index is -0.625. The van der Waals surface area contributed by atoms with Crippen molar-refractivity contribution >= 4 is 5.97 Å². The molecular formula is C15H26N2O3. The van der Waals surface area contributed by atoms with Gasteiger partial charge in [-0.15, -0.1) is 0 Å². The Morgan fingerprint density at radius 3 is 2.75 bits per heavy atom. The molecule has 2 heterocycles. The zero-order valence-corrected chi connectivity index (χ0v) is 12.2. The number of rotatable bonds is 5. The Morgan fingerprint density at radius 1 is 1.20 bits per heavy atom. The van der Waals surface area contributed by atoms with Crippen molar-refractivity contribution in [1.29, 1.82) is 0 Å². The molecule has 0 spiro atoms. The zero-order chi connectivity index (χ0) is 13.9. The fourth-order valence-corrected chi connectivity index (χ4v) is 4.17. The topological polar surface area (TPSA) is 53.0 Å². The van der Waals surface area contributed by atoms with E-state index in [2.05, 4.69) is 9.80 Å². The molecule has 1 N–H and O–H groups in total. The van der Waals surface area contributed by atoms with Crippen LogP contribution in [0.1, 0.15) is 25.7 Å². The van der Waals surface area contributed by atoms with Crippen LogP contribution in [0.3, 0.4) is 0 Å². The summed E-state index contributed by atoms with van der Waals surface area (Å²) < 4.78 is 5.38. The van der Waals surface area contributed by atoms with E-state index in [0.29, 0.717) is 24.3 Å². The lowest BCUT2D eigenvalue weighted by atomic mass is 9.78. The quantitative estimate of drug-likeness (QED) is 0.812. The third-order valence-electron chi connectivity index (χ3n) is 5.34. The Labute approximate surface area is 120 Å². The Balaban J connectivity index is 1.46. The fourth-order valence-electron chi connectivity index (χ4n) is 4.17. The van der Waals surface area contributed by atoms with Crippen LogP contribution in [0.15, 0.2) is 0 Å². The minimum absolute atomic E-state index is 0.370. The van der Waals surface area contributed by atoms with Crippen molar-refractivity contribution in [1.82, 2.24) is 9.80 Å². The number of ether oxygens (including phenoxy) is 1. The van der Waals surface area contributed by atoms with Crippen LogP contribution in [0.25, 0.3) is 0 Å². The van der Waals surface area contributed by atoms with Crippen LogP contribution >= 0.6 is 0 Å². The van der Waals surface area contributed by atoms with Crippen LogP contribution in [-0.2, 0) is 9.53 Å². The Hall–Kier alpha value is -0.650. The van der Waals surface area contributed by atoms with Crippen molar-refractivity contribution in [2.75, 3.05) is 45.9 Å². The molecule has 5 heteroatoms. The van der Waals surface area contributed by atoms with Gasteiger partial charge in [-0.3, -0.25) is 14.6 Å². The molecule has 1 aliphatic carbocycles. The molecule has 3 rings (SSSR count). The molecule has 3 unspecified atom stereocenters. The van der Waals surface area contributed by atoms with Crippen LogP contribution in [0.4, 0.5) is 0 Å². The van der Waals surface area contributed by atoms with Crippen LogP contribution in [0.2, 0.25) is 0 Å². The van der Waals surface area contributed by atoms with Crippen molar-refractivity contribution < 1.29 is 14.6 Å². The van der Waals surface area contributed by atoms with Gasteiger partial charge in [0.25, 0.3) is 0 Å². The number of hydrogen-bond donors (Lipinski definition) is 1. The van der Waals surface area contributed by atoms with Crippen LogP contribution < -0.4 is 0 Å². The smallest absolute Gasteiger partial charge is 0.303 e. The van der Waals surface area contributed by atoms with Crippen molar-refractivity contribution in [3.63, 3.8) is 0 Å². The summed E-state index contributed by atoms with van der Waals surface area (Å²) in [5.74, 6) is 0.409. The molecule has 114 valence electrons. The van der Waals surface area contributed by atoms with E-state index in [9.17, 15) is 4.79 Å². The number of morpholine rings is 1. The van der Waals surface area contributed by atoms with Gasteiger partial charge in [0, 0.05) is 45.2 Å². The summed E-state index contributed by atoms with van der Waals surface area (Å²) in [6, 6.07) is 0.714. The molecule has 1 saturated carbocycles. The van der Waals surface area contributed by atoms with Gasteiger partial charge >= 0.3 is 5.97 Å².